The Hall–Kier alpha value is -2.64. The average molecular weight is 562 g/mol. The largest absolute Gasteiger partial charge is 0.489 e. The highest BCUT2D eigenvalue weighted by molar-refractivity contribution is 6.74. The molecule has 1 atom stereocenters. The molecule has 2 saturated carbocycles. The zero-order chi connectivity index (χ0) is 28.5. The maximum absolute atomic E-state index is 13.8. The average Bonchev–Trinajstić information content (AvgIpc) is 3.25. The van der Waals surface area contributed by atoms with Crippen molar-refractivity contribution in [1.29, 1.82) is 0 Å². The molecule has 2 aromatic heterocycles. The topological polar surface area (TPSA) is 64.9 Å². The molecule has 2 aliphatic rings. The fourth-order valence-electron chi connectivity index (χ4n) is 6.02. The number of rotatable bonds is 9. The van der Waals surface area contributed by atoms with Gasteiger partial charge < -0.3 is 14.5 Å². The molecule has 1 spiro atoms. The number of pyridine rings is 1. The molecule has 1 aromatic carbocycles. The van der Waals surface area contributed by atoms with Gasteiger partial charge in [0.15, 0.2) is 19.7 Å². The number of carbonyl (C=O) groups excluding carboxylic acids is 1. The van der Waals surface area contributed by atoms with Gasteiger partial charge >= 0.3 is 0 Å². The predicted molar refractivity (Wildman–Crippen MR) is 163 cm³/mol. The van der Waals surface area contributed by atoms with Crippen molar-refractivity contribution in [1.82, 2.24) is 14.7 Å². The molecule has 0 saturated heterocycles. The van der Waals surface area contributed by atoms with E-state index in [-0.39, 0.29) is 17.0 Å². The van der Waals surface area contributed by atoms with Crippen LogP contribution < -0.4 is 10.1 Å². The van der Waals surface area contributed by atoms with Gasteiger partial charge in [0.25, 0.3) is 5.91 Å². The van der Waals surface area contributed by atoms with Crippen LogP contribution in [0.1, 0.15) is 93.5 Å². The third-order valence-electron chi connectivity index (χ3n) is 9.98. The molecule has 2 fully saturated rings. The van der Waals surface area contributed by atoms with Crippen LogP contribution in [0.3, 0.4) is 0 Å². The minimum Gasteiger partial charge on any atom is -0.489 e. The number of hydrogen-bond donors (Lipinski definition) is 1. The van der Waals surface area contributed by atoms with E-state index in [9.17, 15) is 4.79 Å². The zero-order valence-electron chi connectivity index (χ0n) is 25.3. The molecule has 1 N–H and O–H groups in total. The number of aromatic nitrogens is 2. The van der Waals surface area contributed by atoms with E-state index in [0.29, 0.717) is 41.6 Å². The normalized spacial score (nSPS) is 18.4. The van der Waals surface area contributed by atoms with Crippen LogP contribution in [0.15, 0.2) is 48.7 Å². The second-order valence-corrected chi connectivity index (χ2v) is 18.5. The van der Waals surface area contributed by atoms with Crippen LogP contribution in [-0.2, 0) is 4.43 Å². The lowest BCUT2D eigenvalue weighted by atomic mass is 9.59. The van der Waals surface area contributed by atoms with Crippen molar-refractivity contribution < 1.29 is 14.0 Å². The molecule has 0 unspecified atom stereocenters. The first-order valence-electron chi connectivity index (χ1n) is 15.1. The summed E-state index contributed by atoms with van der Waals surface area (Å²) >= 11 is 0. The maximum Gasteiger partial charge on any atom is 0.270 e. The highest BCUT2D eigenvalue weighted by atomic mass is 28.4. The molecular formula is C33H47N3O3Si. The van der Waals surface area contributed by atoms with Gasteiger partial charge in [0.1, 0.15) is 5.69 Å². The van der Waals surface area contributed by atoms with Crippen LogP contribution in [0.5, 0.6) is 5.75 Å². The molecule has 40 heavy (non-hydrogen) atoms. The quantitative estimate of drug-likeness (QED) is 0.270. The number of amides is 1. The first-order chi connectivity index (χ1) is 19.0. The summed E-state index contributed by atoms with van der Waals surface area (Å²) in [5.74, 6) is 1.18. The van der Waals surface area contributed by atoms with E-state index in [1.807, 2.05) is 60.0 Å². The predicted octanol–water partition coefficient (Wildman–Crippen LogP) is 7.87. The number of ether oxygens (including phenoxy) is 1. The number of nitrogens with one attached hydrogen (secondary N) is 1. The first-order valence-corrected chi connectivity index (χ1v) is 18.0. The monoisotopic (exact) mass is 561 g/mol. The number of benzene rings is 1. The van der Waals surface area contributed by atoms with Crippen LogP contribution in [0.25, 0.3) is 5.65 Å². The standard InChI is InChI=1S/C33H47N3O3Si/c1-24-29(31(37)35-27(26-12-8-7-9-13-26)23-39-40(5,6)32(2,3)4)36-21-10-14-28(30(36)34-24)38-22-25-15-19-33(20-16-25)17-11-18-33/h7-10,12-14,21,25,27H,11,15-20,22-23H2,1-6H3,(H,35,37)/t27-/m0/s1. The Balaban J connectivity index is 1.31. The van der Waals surface area contributed by atoms with Gasteiger partial charge in [-0.1, -0.05) is 57.5 Å². The molecule has 5 rings (SSSR count). The summed E-state index contributed by atoms with van der Waals surface area (Å²) in [6.45, 7) is 14.2. The van der Waals surface area contributed by atoms with Gasteiger partial charge in [-0.15, -0.1) is 0 Å². The van der Waals surface area contributed by atoms with E-state index < -0.39 is 8.32 Å². The summed E-state index contributed by atoms with van der Waals surface area (Å²) in [6.07, 6.45) is 11.4. The smallest absolute Gasteiger partial charge is 0.270 e. The Labute approximate surface area is 241 Å². The molecule has 2 heterocycles. The number of hydrogen-bond acceptors (Lipinski definition) is 4. The van der Waals surface area contributed by atoms with E-state index in [0.717, 1.165) is 11.3 Å². The SMILES string of the molecule is Cc1nc2c(OCC3CCC4(CCC4)CC3)cccn2c1C(=O)N[C@@H](CO[Si](C)(C)C(C)(C)C)c1ccccc1. The molecule has 3 aromatic rings. The second-order valence-electron chi connectivity index (χ2n) is 13.7. The maximum atomic E-state index is 13.8. The molecule has 7 heteroatoms. The lowest BCUT2D eigenvalue weighted by molar-refractivity contribution is 0.0433. The molecule has 1 amide bonds. The van der Waals surface area contributed by atoms with Gasteiger partial charge in [-0.3, -0.25) is 9.20 Å². The van der Waals surface area contributed by atoms with Gasteiger partial charge in [-0.05, 0) is 92.6 Å². The fraction of sp³-hybridized carbons (Fsp3) is 0.576. The Morgan fingerprint density at radius 1 is 1.10 bits per heavy atom. The van der Waals surface area contributed by atoms with E-state index in [4.69, 9.17) is 14.1 Å². The second kappa shape index (κ2) is 11.3. The Morgan fingerprint density at radius 2 is 1.80 bits per heavy atom. The first kappa shape index (κ1) is 28.9. The van der Waals surface area contributed by atoms with Crippen molar-refractivity contribution in [3.63, 3.8) is 0 Å². The summed E-state index contributed by atoms with van der Waals surface area (Å²) in [5.41, 5.74) is 3.62. The molecule has 216 valence electrons. The van der Waals surface area contributed by atoms with E-state index in [2.05, 4.69) is 39.2 Å². The van der Waals surface area contributed by atoms with Gasteiger partial charge in [-0.2, -0.15) is 0 Å². The Morgan fingerprint density at radius 3 is 2.42 bits per heavy atom. The van der Waals surface area contributed by atoms with E-state index >= 15 is 0 Å². The Kier molecular flexibility index (Phi) is 8.17. The van der Waals surface area contributed by atoms with Gasteiger partial charge in [0, 0.05) is 6.20 Å². The number of imidazole rings is 1. The van der Waals surface area contributed by atoms with Crippen molar-refractivity contribution in [2.75, 3.05) is 13.2 Å². The molecule has 0 bridgehead atoms. The number of aryl methyl sites for hydroxylation is 1. The fourth-order valence-corrected chi connectivity index (χ4v) is 7.04. The molecule has 6 nitrogen and oxygen atoms in total. The summed E-state index contributed by atoms with van der Waals surface area (Å²) in [5, 5.41) is 3.36. The van der Waals surface area contributed by atoms with Crippen molar-refractivity contribution in [3.8, 4) is 5.75 Å². The number of nitrogens with zero attached hydrogens (tertiary/aromatic N) is 2. The van der Waals surface area contributed by atoms with Crippen molar-refractivity contribution in [2.24, 2.45) is 11.3 Å². The molecular weight excluding hydrogens is 514 g/mol. The molecule has 2 aliphatic carbocycles. The highest BCUT2D eigenvalue weighted by Gasteiger charge is 2.40. The molecule has 0 aliphatic heterocycles. The van der Waals surface area contributed by atoms with Crippen LogP contribution in [0, 0.1) is 18.3 Å². The van der Waals surface area contributed by atoms with E-state index in [1.54, 1.807) is 0 Å². The van der Waals surface area contributed by atoms with Crippen LogP contribution in [0.2, 0.25) is 18.1 Å². The van der Waals surface area contributed by atoms with Gasteiger partial charge in [-0.25, -0.2) is 4.98 Å². The summed E-state index contributed by atoms with van der Waals surface area (Å²) in [6, 6.07) is 13.7. The number of fused-ring (bicyclic) bond motifs is 1. The van der Waals surface area contributed by atoms with Crippen LogP contribution >= 0.6 is 0 Å². The third kappa shape index (κ3) is 6.01. The molecule has 0 radical (unpaired) electrons. The van der Waals surface area contributed by atoms with Crippen molar-refractivity contribution >= 4 is 19.9 Å². The highest BCUT2D eigenvalue weighted by Crippen LogP contribution is 2.52. The van der Waals surface area contributed by atoms with Crippen molar-refractivity contribution in [3.05, 3.63) is 65.6 Å². The Bertz CT molecular complexity index is 1310. The minimum atomic E-state index is -2.00. The zero-order valence-corrected chi connectivity index (χ0v) is 26.3. The lowest BCUT2D eigenvalue weighted by Gasteiger charge is -2.47. The van der Waals surface area contributed by atoms with E-state index in [1.165, 1.54) is 44.9 Å². The van der Waals surface area contributed by atoms with Gasteiger partial charge in [0.2, 0.25) is 0 Å². The summed E-state index contributed by atoms with van der Waals surface area (Å²) in [7, 11) is -2.00. The van der Waals surface area contributed by atoms with Gasteiger partial charge in [0.05, 0.1) is 24.9 Å². The van der Waals surface area contributed by atoms with Crippen molar-refractivity contribution in [2.45, 2.75) is 96.8 Å². The summed E-state index contributed by atoms with van der Waals surface area (Å²) < 4.78 is 14.8. The summed E-state index contributed by atoms with van der Waals surface area (Å²) in [4.78, 5) is 18.6. The van der Waals surface area contributed by atoms with Crippen LogP contribution in [-0.4, -0.2) is 36.8 Å². The number of carbonyl (C=O) groups is 1. The lowest BCUT2D eigenvalue weighted by Crippen LogP contribution is -2.43. The minimum absolute atomic E-state index is 0.0864. The van der Waals surface area contributed by atoms with Crippen LogP contribution in [0.4, 0.5) is 0 Å². The third-order valence-corrected chi connectivity index (χ3v) is 14.5.